The number of hydrogen-bond acceptors (Lipinski definition) is 5. The van der Waals surface area contributed by atoms with Crippen molar-refractivity contribution < 1.29 is 4.52 Å². The van der Waals surface area contributed by atoms with Crippen LogP contribution in [0.2, 0.25) is 10.0 Å². The van der Waals surface area contributed by atoms with E-state index in [9.17, 15) is 0 Å². The first-order chi connectivity index (χ1) is 8.11. The van der Waals surface area contributed by atoms with Gasteiger partial charge >= 0.3 is 0 Å². The predicted molar refractivity (Wildman–Crippen MR) is 71.4 cm³/mol. The van der Waals surface area contributed by atoms with Crippen molar-refractivity contribution in [3.63, 3.8) is 0 Å². The van der Waals surface area contributed by atoms with Crippen LogP contribution in [-0.2, 0) is 5.75 Å². The molecule has 0 saturated carbocycles. The van der Waals surface area contributed by atoms with E-state index in [1.807, 2.05) is 6.26 Å². The van der Waals surface area contributed by atoms with Gasteiger partial charge < -0.3 is 10.3 Å². The molecule has 7 heteroatoms. The molecule has 0 unspecified atom stereocenters. The van der Waals surface area contributed by atoms with Crippen molar-refractivity contribution in [2.24, 2.45) is 0 Å². The molecule has 0 aliphatic carbocycles. The van der Waals surface area contributed by atoms with Gasteiger partial charge in [0.25, 0.3) is 5.89 Å². The fourth-order valence-electron chi connectivity index (χ4n) is 1.27. The van der Waals surface area contributed by atoms with Crippen molar-refractivity contribution >= 4 is 40.7 Å². The molecule has 0 saturated heterocycles. The van der Waals surface area contributed by atoms with Crippen molar-refractivity contribution in [1.82, 2.24) is 10.1 Å². The molecule has 1 aromatic carbocycles. The van der Waals surface area contributed by atoms with Crippen LogP contribution in [0, 0.1) is 0 Å². The largest absolute Gasteiger partial charge is 0.396 e. The highest BCUT2D eigenvalue weighted by Gasteiger charge is 2.12. The molecule has 17 heavy (non-hydrogen) atoms. The van der Waals surface area contributed by atoms with Gasteiger partial charge in [0.15, 0.2) is 5.82 Å². The normalized spacial score (nSPS) is 10.8. The Morgan fingerprint density at radius 2 is 2.00 bits per heavy atom. The van der Waals surface area contributed by atoms with Crippen LogP contribution < -0.4 is 5.73 Å². The number of nitrogen functional groups attached to an aromatic ring is 1. The van der Waals surface area contributed by atoms with Gasteiger partial charge in [0.2, 0.25) is 0 Å². The average Bonchev–Trinajstić information content (AvgIpc) is 2.74. The van der Waals surface area contributed by atoms with Gasteiger partial charge in [0.1, 0.15) is 0 Å². The minimum absolute atomic E-state index is 0.348. The molecule has 4 nitrogen and oxygen atoms in total. The molecular weight excluding hydrogens is 281 g/mol. The summed E-state index contributed by atoms with van der Waals surface area (Å²) in [7, 11) is 0. The molecule has 2 N–H and O–H groups in total. The Kier molecular flexibility index (Phi) is 3.81. The second-order valence-corrected chi connectivity index (χ2v) is 4.98. The molecule has 2 aromatic rings. The van der Waals surface area contributed by atoms with Crippen molar-refractivity contribution in [2.75, 3.05) is 12.0 Å². The first-order valence-corrected chi connectivity index (χ1v) is 6.83. The number of anilines is 1. The minimum Gasteiger partial charge on any atom is -0.396 e. The van der Waals surface area contributed by atoms with Gasteiger partial charge in [-0.05, 0) is 18.4 Å². The Morgan fingerprint density at radius 3 is 2.59 bits per heavy atom. The van der Waals surface area contributed by atoms with E-state index >= 15 is 0 Å². The topological polar surface area (TPSA) is 64.9 Å². The van der Waals surface area contributed by atoms with Crippen molar-refractivity contribution in [3.8, 4) is 11.5 Å². The molecule has 0 aliphatic heterocycles. The lowest BCUT2D eigenvalue weighted by atomic mass is 10.2. The SMILES string of the molecule is CSCc1noc(-c2cc(Cl)c(N)c(Cl)c2)n1. The number of halogens is 2. The van der Waals surface area contributed by atoms with Crippen LogP contribution in [0.3, 0.4) is 0 Å². The van der Waals surface area contributed by atoms with E-state index in [0.29, 0.717) is 38.8 Å². The molecule has 90 valence electrons. The number of thioether (sulfide) groups is 1. The van der Waals surface area contributed by atoms with Gasteiger partial charge in [-0.15, -0.1) is 0 Å². The summed E-state index contributed by atoms with van der Waals surface area (Å²) < 4.78 is 5.12. The Hall–Kier alpha value is -0.910. The van der Waals surface area contributed by atoms with E-state index in [1.165, 1.54) is 0 Å². The Morgan fingerprint density at radius 1 is 1.35 bits per heavy atom. The highest BCUT2D eigenvalue weighted by Crippen LogP contribution is 2.32. The Bertz CT molecular complexity index is 521. The summed E-state index contributed by atoms with van der Waals surface area (Å²) in [6.07, 6.45) is 1.97. The summed E-state index contributed by atoms with van der Waals surface area (Å²) in [5, 5.41) is 4.58. The standard InChI is InChI=1S/C10H9Cl2N3OS/c1-17-4-8-14-10(16-15-8)5-2-6(11)9(13)7(12)3-5/h2-3H,4,13H2,1H3. The van der Waals surface area contributed by atoms with Gasteiger partial charge in [-0.3, -0.25) is 0 Å². The molecule has 1 heterocycles. The zero-order valence-corrected chi connectivity index (χ0v) is 11.2. The second kappa shape index (κ2) is 5.16. The van der Waals surface area contributed by atoms with Gasteiger partial charge in [-0.2, -0.15) is 16.7 Å². The van der Waals surface area contributed by atoms with E-state index < -0.39 is 0 Å². The van der Waals surface area contributed by atoms with Crippen molar-refractivity contribution in [3.05, 3.63) is 28.0 Å². The molecule has 0 aliphatic rings. The van der Waals surface area contributed by atoms with Crippen LogP contribution in [0.25, 0.3) is 11.5 Å². The summed E-state index contributed by atoms with van der Waals surface area (Å²) in [6.45, 7) is 0. The third kappa shape index (κ3) is 2.68. The monoisotopic (exact) mass is 289 g/mol. The zero-order chi connectivity index (χ0) is 12.4. The fraction of sp³-hybridized carbons (Fsp3) is 0.200. The third-order valence-electron chi connectivity index (χ3n) is 2.07. The molecule has 0 radical (unpaired) electrons. The van der Waals surface area contributed by atoms with E-state index in [1.54, 1.807) is 23.9 Å². The van der Waals surface area contributed by atoms with Crippen LogP contribution in [0.15, 0.2) is 16.7 Å². The third-order valence-corrected chi connectivity index (χ3v) is 3.24. The average molecular weight is 290 g/mol. The van der Waals surface area contributed by atoms with E-state index in [0.717, 1.165) is 0 Å². The lowest BCUT2D eigenvalue weighted by Crippen LogP contribution is -1.89. The minimum atomic E-state index is 0.348. The highest BCUT2D eigenvalue weighted by molar-refractivity contribution is 7.97. The molecule has 2 rings (SSSR count). The number of hydrogen-bond donors (Lipinski definition) is 1. The summed E-state index contributed by atoms with van der Waals surface area (Å²) in [5.41, 5.74) is 6.66. The first-order valence-electron chi connectivity index (χ1n) is 4.68. The van der Waals surface area contributed by atoms with Crippen LogP contribution >= 0.6 is 35.0 Å². The van der Waals surface area contributed by atoms with Crippen LogP contribution in [0.4, 0.5) is 5.69 Å². The van der Waals surface area contributed by atoms with Crippen LogP contribution in [-0.4, -0.2) is 16.4 Å². The zero-order valence-electron chi connectivity index (χ0n) is 8.91. The van der Waals surface area contributed by atoms with E-state index in [4.69, 9.17) is 33.5 Å². The van der Waals surface area contributed by atoms with Gasteiger partial charge in [-0.1, -0.05) is 28.4 Å². The maximum Gasteiger partial charge on any atom is 0.258 e. The molecule has 0 bridgehead atoms. The van der Waals surface area contributed by atoms with Gasteiger partial charge in [-0.25, -0.2) is 0 Å². The molecule has 0 atom stereocenters. The van der Waals surface area contributed by atoms with Crippen molar-refractivity contribution in [2.45, 2.75) is 5.75 Å². The summed E-state index contributed by atoms with van der Waals surface area (Å²) in [6, 6.07) is 3.30. The highest BCUT2D eigenvalue weighted by atomic mass is 35.5. The first kappa shape index (κ1) is 12.5. The van der Waals surface area contributed by atoms with Gasteiger partial charge in [0, 0.05) is 5.56 Å². The summed E-state index contributed by atoms with van der Waals surface area (Å²) >= 11 is 13.5. The summed E-state index contributed by atoms with van der Waals surface area (Å²) in [5.74, 6) is 1.72. The maximum absolute atomic E-state index is 5.93. The quantitative estimate of drug-likeness (QED) is 0.876. The number of aromatic nitrogens is 2. The van der Waals surface area contributed by atoms with Crippen LogP contribution in [0.5, 0.6) is 0 Å². The molecule has 1 aromatic heterocycles. The Labute approximate surface area is 112 Å². The Balaban J connectivity index is 2.39. The number of nitrogens with zero attached hydrogens (tertiary/aromatic N) is 2. The smallest absolute Gasteiger partial charge is 0.258 e. The van der Waals surface area contributed by atoms with E-state index in [-0.39, 0.29) is 0 Å². The molecule has 0 fully saturated rings. The fourth-order valence-corrected chi connectivity index (χ4v) is 2.13. The summed E-state index contributed by atoms with van der Waals surface area (Å²) in [4.78, 5) is 4.23. The number of rotatable bonds is 3. The number of benzene rings is 1. The van der Waals surface area contributed by atoms with Crippen LogP contribution in [0.1, 0.15) is 5.82 Å². The molecule has 0 spiro atoms. The predicted octanol–water partition coefficient (Wildman–Crippen LogP) is 3.49. The van der Waals surface area contributed by atoms with Gasteiger partial charge in [0.05, 0.1) is 21.5 Å². The van der Waals surface area contributed by atoms with E-state index in [2.05, 4.69) is 10.1 Å². The lowest BCUT2D eigenvalue weighted by Gasteiger charge is -2.02. The lowest BCUT2D eigenvalue weighted by molar-refractivity contribution is 0.425. The molecular formula is C10H9Cl2N3OS. The second-order valence-electron chi connectivity index (χ2n) is 3.30. The molecule has 0 amide bonds. The maximum atomic E-state index is 5.93. The number of nitrogens with two attached hydrogens (primary N) is 1. The van der Waals surface area contributed by atoms with Crippen molar-refractivity contribution in [1.29, 1.82) is 0 Å².